The Morgan fingerprint density at radius 2 is 1.94 bits per heavy atom. The summed E-state index contributed by atoms with van der Waals surface area (Å²) in [5, 5.41) is 10.8. The first-order chi connectivity index (χ1) is 15.2. The molecule has 0 unspecified atom stereocenters. The minimum Gasteiger partial charge on any atom is -0.497 e. The van der Waals surface area contributed by atoms with Crippen molar-refractivity contribution in [3.8, 4) is 5.75 Å². The molecule has 1 aromatic carbocycles. The number of nitrogens with one attached hydrogen (secondary N) is 2. The minimum absolute atomic E-state index is 0.0463. The molecule has 1 aromatic heterocycles. The lowest BCUT2D eigenvalue weighted by atomic mass is 9.74. The molecule has 2 N–H and O–H groups in total. The summed E-state index contributed by atoms with van der Waals surface area (Å²) in [5.74, 6) is 1.79. The number of anilines is 1. The Morgan fingerprint density at radius 1 is 1.19 bits per heavy atom. The molecule has 2 fully saturated rings. The number of guanidine groups is 1. The van der Waals surface area contributed by atoms with Crippen molar-refractivity contribution in [2.45, 2.75) is 37.1 Å². The van der Waals surface area contributed by atoms with Crippen LogP contribution in [-0.2, 0) is 10.2 Å². The van der Waals surface area contributed by atoms with Crippen molar-refractivity contribution >= 4 is 22.3 Å². The number of nitrogens with zero attached hydrogens (tertiary/aromatic N) is 2. The third-order valence-corrected chi connectivity index (χ3v) is 7.55. The lowest BCUT2D eigenvalue weighted by Gasteiger charge is -2.39. The van der Waals surface area contributed by atoms with E-state index in [1.165, 1.54) is 10.6 Å². The van der Waals surface area contributed by atoms with Gasteiger partial charge in [-0.1, -0.05) is 12.1 Å². The molecule has 168 valence electrons. The van der Waals surface area contributed by atoms with Gasteiger partial charge in [-0.2, -0.15) is 0 Å². The molecule has 2 saturated heterocycles. The number of methoxy groups -OCH3 is 1. The van der Waals surface area contributed by atoms with Crippen LogP contribution in [0.4, 0.5) is 5.00 Å². The summed E-state index contributed by atoms with van der Waals surface area (Å²) in [6, 6.07) is 13.3. The quantitative estimate of drug-likeness (QED) is 0.528. The van der Waals surface area contributed by atoms with Gasteiger partial charge in [0.1, 0.15) is 5.75 Å². The van der Waals surface area contributed by atoms with E-state index in [9.17, 15) is 0 Å². The van der Waals surface area contributed by atoms with Crippen LogP contribution >= 0.6 is 11.3 Å². The summed E-state index contributed by atoms with van der Waals surface area (Å²) in [7, 11) is 3.57. The van der Waals surface area contributed by atoms with Gasteiger partial charge in [0.05, 0.1) is 12.1 Å². The second kappa shape index (κ2) is 10.4. The average molecular weight is 443 g/mol. The molecule has 7 heteroatoms. The molecule has 31 heavy (non-hydrogen) atoms. The van der Waals surface area contributed by atoms with Crippen LogP contribution in [0.1, 0.15) is 31.2 Å². The van der Waals surface area contributed by atoms with Crippen molar-refractivity contribution in [1.82, 2.24) is 10.6 Å². The number of aliphatic imine (C=N–C) groups is 1. The number of hydrogen-bond donors (Lipinski definition) is 2. The largest absolute Gasteiger partial charge is 0.497 e. The number of benzene rings is 1. The molecular formula is C24H34N4O2S. The van der Waals surface area contributed by atoms with E-state index in [-0.39, 0.29) is 5.41 Å². The molecule has 2 aromatic rings. The Bertz CT molecular complexity index is 824. The lowest BCUT2D eigenvalue weighted by Crippen LogP contribution is -2.52. The average Bonchev–Trinajstić information content (AvgIpc) is 3.38. The van der Waals surface area contributed by atoms with E-state index in [0.29, 0.717) is 6.04 Å². The number of piperidine rings is 1. The topological polar surface area (TPSA) is 58.1 Å². The summed E-state index contributed by atoms with van der Waals surface area (Å²) in [4.78, 5) is 7.01. The van der Waals surface area contributed by atoms with Crippen LogP contribution in [0.25, 0.3) is 0 Å². The monoisotopic (exact) mass is 442 g/mol. The van der Waals surface area contributed by atoms with Crippen molar-refractivity contribution in [3.05, 3.63) is 47.3 Å². The summed E-state index contributed by atoms with van der Waals surface area (Å²) in [6.07, 6.45) is 4.25. The van der Waals surface area contributed by atoms with E-state index in [2.05, 4.69) is 62.3 Å². The van der Waals surface area contributed by atoms with Crippen LogP contribution in [0.2, 0.25) is 0 Å². The summed E-state index contributed by atoms with van der Waals surface area (Å²) in [5.41, 5.74) is 1.38. The molecule has 2 aliphatic heterocycles. The van der Waals surface area contributed by atoms with Crippen LogP contribution in [-0.4, -0.2) is 59.0 Å². The number of ether oxygens (including phenoxy) is 2. The Hall–Kier alpha value is -2.25. The highest BCUT2D eigenvalue weighted by Gasteiger charge is 2.35. The SMILES string of the molecule is CN=C(NCC1(c2ccc(OC)cc2)CCOCC1)NC1CCN(c2cccs2)CC1. The van der Waals surface area contributed by atoms with Gasteiger partial charge in [-0.25, -0.2) is 0 Å². The molecule has 0 spiro atoms. The van der Waals surface area contributed by atoms with Crippen molar-refractivity contribution in [2.75, 3.05) is 51.9 Å². The standard InChI is InChI=1S/C24H34N4O2S/c1-25-23(27-20-9-13-28(14-10-20)22-4-3-17-31-22)26-18-24(11-15-30-16-12-24)19-5-7-21(29-2)8-6-19/h3-8,17,20H,9-16,18H2,1-2H3,(H2,25,26,27). The van der Waals surface area contributed by atoms with Gasteiger partial charge in [0.25, 0.3) is 0 Å². The molecule has 0 atom stereocenters. The molecule has 6 nitrogen and oxygen atoms in total. The number of thiophene rings is 1. The fraction of sp³-hybridized carbons (Fsp3) is 0.542. The van der Waals surface area contributed by atoms with Crippen molar-refractivity contribution in [1.29, 1.82) is 0 Å². The smallest absolute Gasteiger partial charge is 0.191 e. The molecule has 2 aliphatic rings. The van der Waals surface area contributed by atoms with Crippen molar-refractivity contribution in [3.63, 3.8) is 0 Å². The highest BCUT2D eigenvalue weighted by Crippen LogP contribution is 2.35. The second-order valence-corrected chi connectivity index (χ2v) is 9.33. The van der Waals surface area contributed by atoms with Gasteiger partial charge in [-0.05, 0) is 60.9 Å². The third kappa shape index (κ3) is 5.33. The molecule has 0 amide bonds. The van der Waals surface area contributed by atoms with Crippen LogP contribution < -0.4 is 20.3 Å². The first-order valence-electron chi connectivity index (χ1n) is 11.2. The second-order valence-electron chi connectivity index (χ2n) is 8.40. The highest BCUT2D eigenvalue weighted by atomic mass is 32.1. The van der Waals surface area contributed by atoms with Crippen LogP contribution in [0.15, 0.2) is 46.8 Å². The number of hydrogen-bond acceptors (Lipinski definition) is 5. The summed E-state index contributed by atoms with van der Waals surface area (Å²) in [6.45, 7) is 4.60. The molecule has 3 heterocycles. The Morgan fingerprint density at radius 3 is 2.55 bits per heavy atom. The maximum Gasteiger partial charge on any atom is 0.191 e. The zero-order valence-electron chi connectivity index (χ0n) is 18.6. The fourth-order valence-corrected chi connectivity index (χ4v) is 5.39. The van der Waals surface area contributed by atoms with Crippen LogP contribution in [0, 0.1) is 0 Å². The zero-order chi connectivity index (χ0) is 21.5. The van der Waals surface area contributed by atoms with E-state index >= 15 is 0 Å². The van der Waals surface area contributed by atoms with E-state index in [1.54, 1.807) is 7.11 Å². The van der Waals surface area contributed by atoms with Gasteiger partial charge >= 0.3 is 0 Å². The molecule has 0 saturated carbocycles. The maximum absolute atomic E-state index is 5.68. The maximum atomic E-state index is 5.68. The van der Waals surface area contributed by atoms with Gasteiger partial charge in [-0.15, -0.1) is 11.3 Å². The van der Waals surface area contributed by atoms with Crippen molar-refractivity contribution < 1.29 is 9.47 Å². The first kappa shape index (κ1) is 22.0. The zero-order valence-corrected chi connectivity index (χ0v) is 19.4. The predicted molar refractivity (Wildman–Crippen MR) is 129 cm³/mol. The van der Waals surface area contributed by atoms with Gasteiger partial charge in [0.2, 0.25) is 0 Å². The molecule has 4 rings (SSSR count). The van der Waals surface area contributed by atoms with E-state index in [0.717, 1.165) is 70.2 Å². The minimum atomic E-state index is 0.0463. The van der Waals surface area contributed by atoms with Crippen molar-refractivity contribution in [2.24, 2.45) is 4.99 Å². The molecule has 0 bridgehead atoms. The van der Waals surface area contributed by atoms with E-state index < -0.39 is 0 Å². The Balaban J connectivity index is 1.35. The van der Waals surface area contributed by atoms with Gasteiger partial charge < -0.3 is 25.0 Å². The fourth-order valence-electron chi connectivity index (χ4n) is 4.61. The molecule has 0 aliphatic carbocycles. The molecular weight excluding hydrogens is 408 g/mol. The van der Waals surface area contributed by atoms with Crippen LogP contribution in [0.3, 0.4) is 0 Å². The summed E-state index contributed by atoms with van der Waals surface area (Å²) >= 11 is 1.82. The Labute approximate surface area is 189 Å². The third-order valence-electron chi connectivity index (χ3n) is 6.62. The predicted octanol–water partition coefficient (Wildman–Crippen LogP) is 3.64. The van der Waals surface area contributed by atoms with E-state index in [4.69, 9.17) is 9.47 Å². The summed E-state index contributed by atoms with van der Waals surface area (Å²) < 4.78 is 11.0. The van der Waals surface area contributed by atoms with E-state index in [1.807, 2.05) is 18.4 Å². The molecule has 0 radical (unpaired) electrons. The lowest BCUT2D eigenvalue weighted by molar-refractivity contribution is 0.0513. The normalized spacial score (nSPS) is 19.8. The van der Waals surface area contributed by atoms with Gasteiger partial charge in [0.15, 0.2) is 5.96 Å². The number of rotatable bonds is 6. The van der Waals surface area contributed by atoms with Crippen LogP contribution in [0.5, 0.6) is 5.75 Å². The highest BCUT2D eigenvalue weighted by molar-refractivity contribution is 7.14. The van der Waals surface area contributed by atoms with Gasteiger partial charge in [-0.3, -0.25) is 4.99 Å². The Kier molecular flexibility index (Phi) is 7.35. The van der Waals surface area contributed by atoms with Gasteiger partial charge in [0, 0.05) is 51.4 Å². The first-order valence-corrected chi connectivity index (χ1v) is 12.1.